The van der Waals surface area contributed by atoms with E-state index in [1.54, 1.807) is 0 Å². The Morgan fingerprint density at radius 3 is 2.52 bits per heavy atom. The van der Waals surface area contributed by atoms with Crippen molar-refractivity contribution in [2.45, 2.75) is 44.8 Å². The fourth-order valence-corrected chi connectivity index (χ4v) is 2.69. The van der Waals surface area contributed by atoms with Crippen molar-refractivity contribution in [2.75, 3.05) is 5.32 Å². The maximum Gasteiger partial charge on any atom is 0.265 e. The highest BCUT2D eigenvalue weighted by atomic mass is 16.3. The highest BCUT2D eigenvalue weighted by molar-refractivity contribution is 5.99. The quantitative estimate of drug-likeness (QED) is 0.507. The second-order valence-corrected chi connectivity index (χ2v) is 5.86. The summed E-state index contributed by atoms with van der Waals surface area (Å²) in [5.41, 5.74) is 5.62. The van der Waals surface area contributed by atoms with E-state index in [1.807, 2.05) is 0 Å². The Labute approximate surface area is 133 Å². The zero-order chi connectivity index (χ0) is 17.0. The van der Waals surface area contributed by atoms with Crippen LogP contribution in [0.5, 0.6) is 0 Å². The first-order valence-electron chi connectivity index (χ1n) is 7.66. The van der Waals surface area contributed by atoms with Gasteiger partial charge in [-0.05, 0) is 25.8 Å². The van der Waals surface area contributed by atoms with Gasteiger partial charge in [0.15, 0.2) is 0 Å². The molecule has 6 N–H and O–H groups in total. The number of carbonyl (C=O) groups is 3. The molecule has 0 aliphatic heterocycles. The van der Waals surface area contributed by atoms with Crippen LogP contribution in [0.2, 0.25) is 0 Å². The van der Waals surface area contributed by atoms with E-state index in [1.165, 1.54) is 19.2 Å². The van der Waals surface area contributed by atoms with Crippen molar-refractivity contribution in [3.63, 3.8) is 0 Å². The van der Waals surface area contributed by atoms with Crippen molar-refractivity contribution >= 4 is 23.4 Å². The Morgan fingerprint density at radius 2 is 2.00 bits per heavy atom. The average molecular weight is 322 g/mol. The molecule has 1 aromatic heterocycles. The van der Waals surface area contributed by atoms with E-state index in [0.717, 1.165) is 25.7 Å². The van der Waals surface area contributed by atoms with Crippen LogP contribution in [0.1, 0.15) is 43.1 Å². The monoisotopic (exact) mass is 322 g/mol. The first-order valence-corrected chi connectivity index (χ1v) is 7.66. The van der Waals surface area contributed by atoms with Crippen LogP contribution in [0.4, 0.5) is 5.69 Å². The van der Waals surface area contributed by atoms with Gasteiger partial charge < -0.3 is 26.5 Å². The van der Waals surface area contributed by atoms with Gasteiger partial charge in [-0.15, -0.1) is 0 Å². The average Bonchev–Trinajstić information content (AvgIpc) is 3.14. The van der Waals surface area contributed by atoms with Gasteiger partial charge in [-0.2, -0.15) is 0 Å². The van der Waals surface area contributed by atoms with Crippen LogP contribution < -0.4 is 16.4 Å². The number of anilines is 1. The number of hydrogen-bond donors (Lipinski definition) is 5. The van der Waals surface area contributed by atoms with E-state index in [9.17, 15) is 19.5 Å². The molecule has 126 valence electrons. The summed E-state index contributed by atoms with van der Waals surface area (Å²) in [5.74, 6) is -1.51. The van der Waals surface area contributed by atoms with E-state index in [4.69, 9.17) is 5.73 Å². The van der Waals surface area contributed by atoms with E-state index >= 15 is 0 Å². The number of aromatic nitrogens is 1. The number of nitrogens with one attached hydrogen (secondary N) is 3. The molecule has 8 heteroatoms. The van der Waals surface area contributed by atoms with Gasteiger partial charge in [-0.1, -0.05) is 12.8 Å². The molecule has 1 fully saturated rings. The predicted molar refractivity (Wildman–Crippen MR) is 83.5 cm³/mol. The van der Waals surface area contributed by atoms with Crippen molar-refractivity contribution < 1.29 is 19.5 Å². The number of nitrogens with two attached hydrogens (primary N) is 1. The molecule has 2 unspecified atom stereocenters. The molecule has 1 aromatic rings. The maximum atomic E-state index is 12.3. The highest BCUT2D eigenvalue weighted by Gasteiger charge is 2.30. The van der Waals surface area contributed by atoms with Crippen LogP contribution in [-0.4, -0.2) is 40.0 Å². The van der Waals surface area contributed by atoms with Gasteiger partial charge in [0.05, 0.1) is 11.8 Å². The molecule has 1 heterocycles. The predicted octanol–water partition coefficient (Wildman–Crippen LogP) is 0.108. The van der Waals surface area contributed by atoms with Gasteiger partial charge in [0.2, 0.25) is 11.8 Å². The minimum atomic E-state index is -1.06. The molecule has 1 aliphatic rings. The van der Waals surface area contributed by atoms with Crippen molar-refractivity contribution in [2.24, 2.45) is 11.7 Å². The Balaban J connectivity index is 1.99. The molecule has 0 bridgehead atoms. The molecule has 3 amide bonds. The fourth-order valence-electron chi connectivity index (χ4n) is 2.69. The zero-order valence-corrected chi connectivity index (χ0v) is 13.0. The SMILES string of the molecule is CC(O)C(NC(=O)C1CCCC1)C(=O)Nc1c[nH]c(C(N)=O)c1. The maximum absolute atomic E-state index is 12.3. The van der Waals surface area contributed by atoms with Gasteiger partial charge in [-0.25, -0.2) is 0 Å². The first-order chi connectivity index (χ1) is 10.9. The normalized spacial score (nSPS) is 17.5. The van der Waals surface area contributed by atoms with E-state index in [-0.39, 0.29) is 17.5 Å². The number of aromatic amines is 1. The molecule has 23 heavy (non-hydrogen) atoms. The lowest BCUT2D eigenvalue weighted by molar-refractivity contribution is -0.131. The van der Waals surface area contributed by atoms with Crippen LogP contribution in [0, 0.1) is 5.92 Å². The number of primary amides is 1. The number of rotatable bonds is 6. The molecule has 0 saturated heterocycles. The Morgan fingerprint density at radius 1 is 1.35 bits per heavy atom. The lowest BCUT2D eigenvalue weighted by Gasteiger charge is -2.22. The third kappa shape index (κ3) is 4.32. The summed E-state index contributed by atoms with van der Waals surface area (Å²) in [6.45, 7) is 1.44. The van der Waals surface area contributed by atoms with Crippen molar-refractivity contribution in [1.29, 1.82) is 0 Å². The van der Waals surface area contributed by atoms with E-state index in [2.05, 4.69) is 15.6 Å². The van der Waals surface area contributed by atoms with Crippen LogP contribution in [-0.2, 0) is 9.59 Å². The molecule has 2 rings (SSSR count). The first kappa shape index (κ1) is 17.0. The molecular formula is C15H22N4O4. The number of aliphatic hydroxyl groups excluding tert-OH is 1. The summed E-state index contributed by atoms with van der Waals surface area (Å²) >= 11 is 0. The van der Waals surface area contributed by atoms with Crippen molar-refractivity contribution in [3.05, 3.63) is 18.0 Å². The van der Waals surface area contributed by atoms with E-state index in [0.29, 0.717) is 5.69 Å². The number of carbonyl (C=O) groups excluding carboxylic acids is 3. The van der Waals surface area contributed by atoms with Crippen LogP contribution >= 0.6 is 0 Å². The third-order valence-electron chi connectivity index (χ3n) is 4.00. The fraction of sp³-hybridized carbons (Fsp3) is 0.533. The van der Waals surface area contributed by atoms with Gasteiger partial charge >= 0.3 is 0 Å². The van der Waals surface area contributed by atoms with Gasteiger partial charge in [0.1, 0.15) is 11.7 Å². The van der Waals surface area contributed by atoms with Crippen LogP contribution in [0.3, 0.4) is 0 Å². The summed E-state index contributed by atoms with van der Waals surface area (Å²) < 4.78 is 0. The second-order valence-electron chi connectivity index (χ2n) is 5.86. The largest absolute Gasteiger partial charge is 0.391 e. The van der Waals surface area contributed by atoms with Gasteiger partial charge in [-0.3, -0.25) is 14.4 Å². The third-order valence-corrected chi connectivity index (χ3v) is 4.00. The molecule has 0 spiro atoms. The number of aliphatic hydroxyl groups is 1. The molecule has 8 nitrogen and oxygen atoms in total. The summed E-state index contributed by atoms with van der Waals surface area (Å²) in [7, 11) is 0. The molecule has 0 aromatic carbocycles. The summed E-state index contributed by atoms with van der Waals surface area (Å²) in [6.07, 6.45) is 3.98. The summed E-state index contributed by atoms with van der Waals surface area (Å²) in [5, 5.41) is 14.9. The Hall–Kier alpha value is -2.35. The zero-order valence-electron chi connectivity index (χ0n) is 13.0. The molecule has 0 radical (unpaired) electrons. The smallest absolute Gasteiger partial charge is 0.265 e. The van der Waals surface area contributed by atoms with Crippen molar-refractivity contribution in [3.8, 4) is 0 Å². The summed E-state index contributed by atoms with van der Waals surface area (Å²) in [4.78, 5) is 38.0. The Bertz CT molecular complexity index is 590. The molecule has 2 atom stereocenters. The lowest BCUT2D eigenvalue weighted by atomic mass is 10.1. The molecule has 1 aliphatic carbocycles. The minimum Gasteiger partial charge on any atom is -0.391 e. The van der Waals surface area contributed by atoms with Gasteiger partial charge in [0, 0.05) is 12.1 Å². The van der Waals surface area contributed by atoms with Gasteiger partial charge in [0.25, 0.3) is 5.91 Å². The lowest BCUT2D eigenvalue weighted by Crippen LogP contribution is -2.51. The summed E-state index contributed by atoms with van der Waals surface area (Å²) in [6, 6.07) is 0.327. The second kappa shape index (κ2) is 7.28. The number of amides is 3. The van der Waals surface area contributed by atoms with E-state index < -0.39 is 24.0 Å². The van der Waals surface area contributed by atoms with Crippen LogP contribution in [0.25, 0.3) is 0 Å². The molecule has 1 saturated carbocycles. The van der Waals surface area contributed by atoms with Crippen molar-refractivity contribution in [1.82, 2.24) is 10.3 Å². The molecular weight excluding hydrogens is 300 g/mol. The Kier molecular flexibility index (Phi) is 5.38. The number of H-pyrrole nitrogens is 1. The number of hydrogen-bond acceptors (Lipinski definition) is 4. The minimum absolute atomic E-state index is 0.0993. The van der Waals surface area contributed by atoms with Crippen LogP contribution in [0.15, 0.2) is 12.3 Å². The topological polar surface area (TPSA) is 137 Å². The highest BCUT2D eigenvalue weighted by Crippen LogP contribution is 2.25. The standard InChI is InChI=1S/C15H22N4O4/c1-8(20)12(19-14(22)9-4-2-3-5-9)15(23)18-10-6-11(13(16)21)17-7-10/h6-9,12,17,20H,2-5H2,1H3,(H2,16,21)(H,18,23)(H,19,22).